The summed E-state index contributed by atoms with van der Waals surface area (Å²) in [6, 6.07) is -0.901. The second-order valence-corrected chi connectivity index (χ2v) is 3.81. The van der Waals surface area contributed by atoms with Gasteiger partial charge >= 0.3 is 5.97 Å². The SMILES string of the molecule is CCC[C@H](NC(=O)c1cn(CCN)nn1)C(=O)O. The Kier molecular flexibility index (Phi) is 5.25. The van der Waals surface area contributed by atoms with Gasteiger partial charge in [0.2, 0.25) is 0 Å². The van der Waals surface area contributed by atoms with Crippen LogP contribution in [-0.2, 0) is 11.3 Å². The maximum Gasteiger partial charge on any atom is 0.326 e. The summed E-state index contributed by atoms with van der Waals surface area (Å²) in [5, 5.41) is 18.7. The van der Waals surface area contributed by atoms with Crippen LogP contribution in [0.15, 0.2) is 6.20 Å². The van der Waals surface area contributed by atoms with Crippen LogP contribution >= 0.6 is 0 Å². The van der Waals surface area contributed by atoms with Crippen molar-refractivity contribution < 1.29 is 14.7 Å². The molecule has 18 heavy (non-hydrogen) atoms. The minimum Gasteiger partial charge on any atom is -0.480 e. The third kappa shape index (κ3) is 3.81. The van der Waals surface area contributed by atoms with Gasteiger partial charge in [0.1, 0.15) is 6.04 Å². The van der Waals surface area contributed by atoms with Gasteiger partial charge in [0, 0.05) is 6.54 Å². The zero-order valence-corrected chi connectivity index (χ0v) is 10.2. The van der Waals surface area contributed by atoms with E-state index in [9.17, 15) is 9.59 Å². The highest BCUT2D eigenvalue weighted by atomic mass is 16.4. The van der Waals surface area contributed by atoms with Crippen molar-refractivity contribution in [3.05, 3.63) is 11.9 Å². The van der Waals surface area contributed by atoms with Crippen molar-refractivity contribution in [1.29, 1.82) is 0 Å². The first-order valence-electron chi connectivity index (χ1n) is 5.72. The number of carboxylic acid groups (broad SMARTS) is 1. The van der Waals surface area contributed by atoms with Crippen LogP contribution in [0.3, 0.4) is 0 Å². The van der Waals surface area contributed by atoms with Crippen molar-refractivity contribution in [3.63, 3.8) is 0 Å². The molecule has 0 aliphatic rings. The maximum absolute atomic E-state index is 11.7. The molecule has 0 saturated carbocycles. The van der Waals surface area contributed by atoms with Crippen LogP contribution in [0, 0.1) is 0 Å². The molecule has 0 aliphatic carbocycles. The molecule has 1 aromatic heterocycles. The average molecular weight is 255 g/mol. The van der Waals surface area contributed by atoms with E-state index < -0.39 is 17.9 Å². The molecule has 0 aliphatic heterocycles. The van der Waals surface area contributed by atoms with Crippen molar-refractivity contribution >= 4 is 11.9 Å². The molecule has 0 fully saturated rings. The number of carboxylic acids is 1. The lowest BCUT2D eigenvalue weighted by molar-refractivity contribution is -0.139. The van der Waals surface area contributed by atoms with Gasteiger partial charge in [-0.3, -0.25) is 9.48 Å². The number of hydrogen-bond acceptors (Lipinski definition) is 5. The van der Waals surface area contributed by atoms with Crippen LogP contribution in [0.5, 0.6) is 0 Å². The Morgan fingerprint density at radius 2 is 2.33 bits per heavy atom. The van der Waals surface area contributed by atoms with E-state index in [2.05, 4.69) is 15.6 Å². The third-order valence-electron chi connectivity index (χ3n) is 2.31. The van der Waals surface area contributed by atoms with Gasteiger partial charge in [0.15, 0.2) is 5.69 Å². The van der Waals surface area contributed by atoms with E-state index in [1.165, 1.54) is 10.9 Å². The van der Waals surface area contributed by atoms with Crippen LogP contribution in [-0.4, -0.2) is 44.6 Å². The Morgan fingerprint density at radius 1 is 1.61 bits per heavy atom. The van der Waals surface area contributed by atoms with Crippen LogP contribution in [0.2, 0.25) is 0 Å². The lowest BCUT2D eigenvalue weighted by atomic mass is 10.1. The molecule has 8 nitrogen and oxygen atoms in total. The maximum atomic E-state index is 11.7. The third-order valence-corrected chi connectivity index (χ3v) is 2.31. The minimum absolute atomic E-state index is 0.0887. The minimum atomic E-state index is -1.06. The summed E-state index contributed by atoms with van der Waals surface area (Å²) in [5.74, 6) is -1.60. The molecule has 4 N–H and O–H groups in total. The summed E-state index contributed by atoms with van der Waals surface area (Å²) in [6.07, 6.45) is 2.47. The Balaban J connectivity index is 2.64. The number of amides is 1. The van der Waals surface area contributed by atoms with Crippen LogP contribution in [0.1, 0.15) is 30.3 Å². The zero-order chi connectivity index (χ0) is 13.5. The van der Waals surface area contributed by atoms with Gasteiger partial charge in [0.25, 0.3) is 5.91 Å². The second kappa shape index (κ2) is 6.70. The van der Waals surface area contributed by atoms with E-state index in [1.807, 2.05) is 6.92 Å². The van der Waals surface area contributed by atoms with E-state index in [0.717, 1.165) is 0 Å². The predicted molar refractivity (Wildman–Crippen MR) is 62.9 cm³/mol. The van der Waals surface area contributed by atoms with Crippen LogP contribution < -0.4 is 11.1 Å². The van der Waals surface area contributed by atoms with Gasteiger partial charge in [-0.25, -0.2) is 4.79 Å². The molecule has 0 radical (unpaired) electrons. The Morgan fingerprint density at radius 3 is 2.89 bits per heavy atom. The summed E-state index contributed by atoms with van der Waals surface area (Å²) in [6.45, 7) is 2.69. The van der Waals surface area contributed by atoms with Crippen molar-refractivity contribution in [2.75, 3.05) is 6.54 Å². The number of aliphatic carboxylic acids is 1. The largest absolute Gasteiger partial charge is 0.480 e. The fourth-order valence-corrected chi connectivity index (χ4v) is 1.42. The molecular formula is C10H17N5O3. The van der Waals surface area contributed by atoms with Crippen molar-refractivity contribution in [2.24, 2.45) is 5.73 Å². The number of carbonyl (C=O) groups excluding carboxylic acids is 1. The number of aromatic nitrogens is 3. The molecule has 100 valence electrons. The molecule has 1 amide bonds. The highest BCUT2D eigenvalue weighted by Crippen LogP contribution is 2.00. The Hall–Kier alpha value is -1.96. The normalized spacial score (nSPS) is 12.1. The van der Waals surface area contributed by atoms with E-state index >= 15 is 0 Å². The van der Waals surface area contributed by atoms with Gasteiger partial charge < -0.3 is 16.2 Å². The molecule has 1 aromatic rings. The molecule has 1 rings (SSSR count). The van der Waals surface area contributed by atoms with E-state index in [1.54, 1.807) is 0 Å². The van der Waals surface area contributed by atoms with Gasteiger partial charge in [0.05, 0.1) is 12.7 Å². The van der Waals surface area contributed by atoms with Gasteiger partial charge in [-0.15, -0.1) is 5.10 Å². The van der Waals surface area contributed by atoms with Crippen molar-refractivity contribution in [2.45, 2.75) is 32.4 Å². The van der Waals surface area contributed by atoms with Crippen LogP contribution in [0.4, 0.5) is 0 Å². The molecule has 0 spiro atoms. The summed E-state index contributed by atoms with van der Waals surface area (Å²) in [7, 11) is 0. The van der Waals surface area contributed by atoms with Gasteiger partial charge in [-0.2, -0.15) is 0 Å². The first-order chi connectivity index (χ1) is 8.58. The second-order valence-electron chi connectivity index (χ2n) is 3.81. The number of nitrogens with two attached hydrogens (primary N) is 1. The Bertz CT molecular complexity index is 417. The molecule has 8 heteroatoms. The summed E-state index contributed by atoms with van der Waals surface area (Å²) < 4.78 is 1.44. The molecular weight excluding hydrogens is 238 g/mol. The molecule has 0 saturated heterocycles. The summed E-state index contributed by atoms with van der Waals surface area (Å²) in [5.41, 5.74) is 5.43. The topological polar surface area (TPSA) is 123 Å². The van der Waals surface area contributed by atoms with E-state index in [-0.39, 0.29) is 5.69 Å². The van der Waals surface area contributed by atoms with Gasteiger partial charge in [-0.05, 0) is 6.42 Å². The number of carbonyl (C=O) groups is 2. The zero-order valence-electron chi connectivity index (χ0n) is 10.2. The summed E-state index contributed by atoms with van der Waals surface area (Å²) in [4.78, 5) is 22.6. The molecule has 1 atom stereocenters. The molecule has 0 unspecified atom stereocenters. The smallest absolute Gasteiger partial charge is 0.326 e. The van der Waals surface area contributed by atoms with E-state index in [4.69, 9.17) is 10.8 Å². The number of nitrogens with one attached hydrogen (secondary N) is 1. The number of rotatable bonds is 7. The highest BCUT2D eigenvalue weighted by Gasteiger charge is 2.21. The predicted octanol–water partition coefficient (Wildman–Crippen LogP) is -0.780. The number of hydrogen-bond donors (Lipinski definition) is 3. The fraction of sp³-hybridized carbons (Fsp3) is 0.600. The fourth-order valence-electron chi connectivity index (χ4n) is 1.42. The van der Waals surface area contributed by atoms with E-state index in [0.29, 0.717) is 25.9 Å². The first-order valence-corrected chi connectivity index (χ1v) is 5.72. The standard InChI is InChI=1S/C10H17N5O3/c1-2-3-7(10(17)18)12-9(16)8-6-15(5-4-11)14-13-8/h6-7H,2-5,11H2,1H3,(H,12,16)(H,17,18)/t7-/m0/s1. The van der Waals surface area contributed by atoms with Crippen molar-refractivity contribution in [1.82, 2.24) is 20.3 Å². The lowest BCUT2D eigenvalue weighted by Crippen LogP contribution is -2.40. The first kappa shape index (κ1) is 14.1. The molecule has 1 heterocycles. The number of nitrogens with zero attached hydrogens (tertiary/aromatic N) is 3. The lowest BCUT2D eigenvalue weighted by Gasteiger charge is -2.11. The Labute approximate surface area is 104 Å². The summed E-state index contributed by atoms with van der Waals surface area (Å²) >= 11 is 0. The van der Waals surface area contributed by atoms with Crippen LogP contribution in [0.25, 0.3) is 0 Å². The van der Waals surface area contributed by atoms with Gasteiger partial charge in [-0.1, -0.05) is 18.6 Å². The van der Waals surface area contributed by atoms with Crippen molar-refractivity contribution in [3.8, 4) is 0 Å². The molecule has 0 bridgehead atoms. The quantitative estimate of drug-likeness (QED) is 0.587. The average Bonchev–Trinajstić information content (AvgIpc) is 2.77. The highest BCUT2D eigenvalue weighted by molar-refractivity contribution is 5.94. The molecule has 0 aromatic carbocycles. The monoisotopic (exact) mass is 255 g/mol.